The Kier molecular flexibility index (Phi) is 4.85. The van der Waals surface area contributed by atoms with Crippen molar-refractivity contribution < 1.29 is 0 Å². The maximum atomic E-state index is 6.36. The lowest BCUT2D eigenvalue weighted by atomic mass is 9.71. The zero-order chi connectivity index (χ0) is 12.3. The summed E-state index contributed by atoms with van der Waals surface area (Å²) in [5.74, 6) is 3.36. The van der Waals surface area contributed by atoms with Gasteiger partial charge in [-0.05, 0) is 49.9 Å². The number of hydrogen-bond acceptors (Lipinski definition) is 1. The summed E-state index contributed by atoms with van der Waals surface area (Å²) in [6.45, 7) is 11.5. The predicted molar refractivity (Wildman–Crippen MR) is 72.3 cm³/mol. The molecule has 1 heteroatoms. The molecule has 0 saturated heterocycles. The van der Waals surface area contributed by atoms with Crippen LogP contribution in [0.15, 0.2) is 0 Å². The fraction of sp³-hybridized carbons (Fsp3) is 1.00. The van der Waals surface area contributed by atoms with E-state index in [-0.39, 0.29) is 5.54 Å². The van der Waals surface area contributed by atoms with E-state index in [2.05, 4.69) is 34.6 Å². The minimum atomic E-state index is 0.0282. The lowest BCUT2D eigenvalue weighted by molar-refractivity contribution is 0.170. The molecule has 1 fully saturated rings. The van der Waals surface area contributed by atoms with Gasteiger partial charge in [0.05, 0.1) is 0 Å². The van der Waals surface area contributed by atoms with E-state index in [4.69, 9.17) is 5.73 Å². The molecule has 1 aliphatic rings. The Morgan fingerprint density at radius 1 is 1.25 bits per heavy atom. The first-order chi connectivity index (χ1) is 7.33. The SMILES string of the molecule is CC1CCC(C)C(CC[C@@](C)(N)C(C)C)C1. The van der Waals surface area contributed by atoms with Gasteiger partial charge >= 0.3 is 0 Å². The number of rotatable bonds is 4. The van der Waals surface area contributed by atoms with E-state index < -0.39 is 0 Å². The number of hydrogen-bond donors (Lipinski definition) is 1. The smallest absolute Gasteiger partial charge is 0.0149 e. The summed E-state index contributed by atoms with van der Waals surface area (Å²) >= 11 is 0. The van der Waals surface area contributed by atoms with Crippen molar-refractivity contribution in [1.82, 2.24) is 0 Å². The molecule has 0 bridgehead atoms. The van der Waals surface area contributed by atoms with E-state index in [1.165, 1.54) is 32.1 Å². The summed E-state index contributed by atoms with van der Waals surface area (Å²) in [4.78, 5) is 0. The van der Waals surface area contributed by atoms with Gasteiger partial charge in [-0.15, -0.1) is 0 Å². The van der Waals surface area contributed by atoms with Crippen LogP contribution in [-0.4, -0.2) is 5.54 Å². The second-order valence-corrected chi connectivity index (χ2v) is 6.85. The van der Waals surface area contributed by atoms with Gasteiger partial charge in [0.1, 0.15) is 0 Å². The van der Waals surface area contributed by atoms with Gasteiger partial charge < -0.3 is 5.73 Å². The van der Waals surface area contributed by atoms with Gasteiger partial charge in [-0.2, -0.15) is 0 Å². The molecule has 1 rings (SSSR count). The summed E-state index contributed by atoms with van der Waals surface area (Å²) < 4.78 is 0. The summed E-state index contributed by atoms with van der Waals surface area (Å²) in [6, 6.07) is 0. The summed E-state index contributed by atoms with van der Waals surface area (Å²) in [7, 11) is 0. The molecule has 0 amide bonds. The Bertz CT molecular complexity index is 207. The van der Waals surface area contributed by atoms with Crippen LogP contribution in [0.5, 0.6) is 0 Å². The monoisotopic (exact) mass is 225 g/mol. The van der Waals surface area contributed by atoms with Crippen molar-refractivity contribution in [1.29, 1.82) is 0 Å². The Hall–Kier alpha value is -0.0400. The van der Waals surface area contributed by atoms with Crippen molar-refractivity contribution in [2.24, 2.45) is 29.4 Å². The van der Waals surface area contributed by atoms with Crippen LogP contribution < -0.4 is 5.73 Å². The molecule has 0 radical (unpaired) electrons. The van der Waals surface area contributed by atoms with Crippen LogP contribution in [0, 0.1) is 23.7 Å². The highest BCUT2D eigenvalue weighted by molar-refractivity contribution is 4.85. The van der Waals surface area contributed by atoms with Gasteiger partial charge in [0.15, 0.2) is 0 Å². The molecule has 1 aliphatic carbocycles. The maximum Gasteiger partial charge on any atom is 0.0149 e. The van der Waals surface area contributed by atoms with Crippen LogP contribution in [0.2, 0.25) is 0 Å². The Morgan fingerprint density at radius 2 is 1.88 bits per heavy atom. The van der Waals surface area contributed by atoms with Gasteiger partial charge in [-0.25, -0.2) is 0 Å². The van der Waals surface area contributed by atoms with Crippen molar-refractivity contribution in [2.45, 2.75) is 72.3 Å². The second-order valence-electron chi connectivity index (χ2n) is 6.85. The molecule has 3 unspecified atom stereocenters. The number of nitrogens with two attached hydrogens (primary N) is 1. The highest BCUT2D eigenvalue weighted by atomic mass is 14.7. The first-order valence-corrected chi connectivity index (χ1v) is 7.11. The maximum absolute atomic E-state index is 6.36. The molecule has 0 aromatic rings. The third-order valence-electron chi connectivity index (χ3n) is 5.00. The molecule has 2 N–H and O–H groups in total. The van der Waals surface area contributed by atoms with Crippen molar-refractivity contribution in [2.75, 3.05) is 0 Å². The molecular formula is C15H31N. The van der Waals surface area contributed by atoms with E-state index in [9.17, 15) is 0 Å². The van der Waals surface area contributed by atoms with Gasteiger partial charge in [-0.3, -0.25) is 0 Å². The normalized spacial score (nSPS) is 35.1. The lowest BCUT2D eigenvalue weighted by Crippen LogP contribution is -2.42. The fourth-order valence-corrected chi connectivity index (χ4v) is 2.84. The highest BCUT2D eigenvalue weighted by Gasteiger charge is 2.29. The predicted octanol–water partition coefficient (Wildman–Crippen LogP) is 4.21. The minimum Gasteiger partial charge on any atom is -0.325 e. The zero-order valence-electron chi connectivity index (χ0n) is 11.9. The van der Waals surface area contributed by atoms with E-state index in [0.717, 1.165) is 17.8 Å². The van der Waals surface area contributed by atoms with E-state index >= 15 is 0 Å². The molecule has 0 aromatic carbocycles. The van der Waals surface area contributed by atoms with Gasteiger partial charge in [-0.1, -0.05) is 40.5 Å². The Morgan fingerprint density at radius 3 is 2.44 bits per heavy atom. The first kappa shape index (κ1) is 14.0. The van der Waals surface area contributed by atoms with Gasteiger partial charge in [0, 0.05) is 5.54 Å². The minimum absolute atomic E-state index is 0.0282. The summed E-state index contributed by atoms with van der Waals surface area (Å²) in [6.07, 6.45) is 6.80. The zero-order valence-corrected chi connectivity index (χ0v) is 11.9. The third-order valence-corrected chi connectivity index (χ3v) is 5.00. The molecular weight excluding hydrogens is 194 g/mol. The molecule has 1 nitrogen and oxygen atoms in total. The van der Waals surface area contributed by atoms with E-state index in [1.54, 1.807) is 0 Å². The summed E-state index contributed by atoms with van der Waals surface area (Å²) in [5.41, 5.74) is 6.38. The van der Waals surface area contributed by atoms with Crippen LogP contribution >= 0.6 is 0 Å². The third kappa shape index (κ3) is 3.76. The molecule has 4 atom stereocenters. The highest BCUT2D eigenvalue weighted by Crippen LogP contribution is 2.37. The van der Waals surface area contributed by atoms with Gasteiger partial charge in [0.25, 0.3) is 0 Å². The lowest BCUT2D eigenvalue weighted by Gasteiger charge is -2.36. The average Bonchev–Trinajstić information content (AvgIpc) is 2.19. The van der Waals surface area contributed by atoms with E-state index in [0.29, 0.717) is 5.92 Å². The Labute approximate surface area is 102 Å². The second kappa shape index (κ2) is 5.53. The first-order valence-electron chi connectivity index (χ1n) is 7.11. The molecule has 0 spiro atoms. The van der Waals surface area contributed by atoms with Crippen molar-refractivity contribution >= 4 is 0 Å². The van der Waals surface area contributed by atoms with Crippen LogP contribution in [0.3, 0.4) is 0 Å². The van der Waals surface area contributed by atoms with Crippen LogP contribution in [0.1, 0.15) is 66.7 Å². The summed E-state index contributed by atoms with van der Waals surface area (Å²) in [5, 5.41) is 0. The molecule has 0 aromatic heterocycles. The van der Waals surface area contributed by atoms with Crippen LogP contribution in [-0.2, 0) is 0 Å². The standard InChI is InChI=1S/C15H31N/c1-11(2)15(5,16)9-8-14-10-12(3)6-7-13(14)4/h11-14H,6-10,16H2,1-5H3/t12?,13?,14?,15-/m1/s1. The Balaban J connectivity index is 2.41. The van der Waals surface area contributed by atoms with Crippen molar-refractivity contribution in [3.8, 4) is 0 Å². The average molecular weight is 225 g/mol. The molecule has 16 heavy (non-hydrogen) atoms. The van der Waals surface area contributed by atoms with Crippen molar-refractivity contribution in [3.05, 3.63) is 0 Å². The van der Waals surface area contributed by atoms with Gasteiger partial charge in [0.2, 0.25) is 0 Å². The topological polar surface area (TPSA) is 26.0 Å². The molecule has 96 valence electrons. The fourth-order valence-electron chi connectivity index (χ4n) is 2.84. The van der Waals surface area contributed by atoms with E-state index in [1.807, 2.05) is 0 Å². The quantitative estimate of drug-likeness (QED) is 0.762. The van der Waals surface area contributed by atoms with Crippen LogP contribution in [0.4, 0.5) is 0 Å². The molecule has 0 aliphatic heterocycles. The van der Waals surface area contributed by atoms with Crippen LogP contribution in [0.25, 0.3) is 0 Å². The largest absolute Gasteiger partial charge is 0.325 e. The molecule has 1 saturated carbocycles. The van der Waals surface area contributed by atoms with Crippen molar-refractivity contribution in [3.63, 3.8) is 0 Å². The molecule has 0 heterocycles.